The van der Waals surface area contributed by atoms with Crippen LogP contribution >= 0.6 is 23.2 Å². The summed E-state index contributed by atoms with van der Waals surface area (Å²) in [6.45, 7) is 0. The van der Waals surface area contributed by atoms with E-state index in [1.54, 1.807) is 12.1 Å². The Labute approximate surface area is 155 Å². The summed E-state index contributed by atoms with van der Waals surface area (Å²) in [6, 6.07) is 4.91. The van der Waals surface area contributed by atoms with Gasteiger partial charge in [-0.25, -0.2) is 8.42 Å². The van der Waals surface area contributed by atoms with E-state index in [0.29, 0.717) is 5.02 Å². The smallest absolute Gasteiger partial charge is 0.207 e. The van der Waals surface area contributed by atoms with Gasteiger partial charge in [0.1, 0.15) is 4.90 Å². The Morgan fingerprint density at radius 3 is 1.83 bits per heavy atom. The van der Waals surface area contributed by atoms with Crippen LogP contribution in [-0.4, -0.2) is 24.8 Å². The number of nitrogens with zero attached hydrogens (tertiary/aromatic N) is 1. The van der Waals surface area contributed by atoms with E-state index in [2.05, 4.69) is 0 Å². The third kappa shape index (κ3) is 3.92. The highest BCUT2D eigenvalue weighted by Gasteiger charge is 2.39. The first-order valence-electron chi connectivity index (χ1n) is 8.99. The maximum absolute atomic E-state index is 13.5. The Morgan fingerprint density at radius 2 is 1.33 bits per heavy atom. The zero-order chi connectivity index (χ0) is 17.2. The van der Waals surface area contributed by atoms with Gasteiger partial charge in [-0.05, 0) is 43.9 Å². The third-order valence-electron chi connectivity index (χ3n) is 5.32. The van der Waals surface area contributed by atoms with Gasteiger partial charge >= 0.3 is 0 Å². The molecule has 0 unspecified atom stereocenters. The minimum atomic E-state index is -3.64. The summed E-state index contributed by atoms with van der Waals surface area (Å²) in [5.74, 6) is 0. The van der Waals surface area contributed by atoms with Crippen LogP contribution in [0.1, 0.15) is 64.2 Å². The van der Waals surface area contributed by atoms with Crippen LogP contribution in [-0.2, 0) is 10.0 Å². The number of benzene rings is 1. The molecule has 0 saturated heterocycles. The van der Waals surface area contributed by atoms with Crippen LogP contribution < -0.4 is 0 Å². The van der Waals surface area contributed by atoms with Crippen LogP contribution in [0.5, 0.6) is 0 Å². The predicted octanol–water partition coefficient (Wildman–Crippen LogP) is 5.65. The molecule has 0 atom stereocenters. The largest absolute Gasteiger partial charge is 0.245 e. The molecule has 0 amide bonds. The first kappa shape index (κ1) is 18.5. The van der Waals surface area contributed by atoms with Crippen molar-refractivity contribution in [3.63, 3.8) is 0 Å². The van der Waals surface area contributed by atoms with E-state index in [1.165, 1.54) is 18.9 Å². The minimum Gasteiger partial charge on any atom is -0.207 e. The van der Waals surface area contributed by atoms with Crippen molar-refractivity contribution in [2.45, 2.75) is 81.2 Å². The van der Waals surface area contributed by atoms with Gasteiger partial charge in [0.2, 0.25) is 10.0 Å². The van der Waals surface area contributed by atoms with Crippen LogP contribution in [0.4, 0.5) is 0 Å². The highest BCUT2D eigenvalue weighted by Crippen LogP contribution is 2.37. The summed E-state index contributed by atoms with van der Waals surface area (Å²) in [4.78, 5) is 0.160. The molecule has 2 fully saturated rings. The number of halogens is 2. The molecule has 0 radical (unpaired) electrons. The molecule has 1 aromatic rings. The SMILES string of the molecule is O=S(=O)(c1cc(Cl)ccc1Cl)N(C1CCCCC1)C1CCCCC1. The van der Waals surface area contributed by atoms with E-state index >= 15 is 0 Å². The van der Waals surface area contributed by atoms with E-state index in [-0.39, 0.29) is 22.0 Å². The summed E-state index contributed by atoms with van der Waals surface area (Å²) in [6.07, 6.45) is 10.6. The zero-order valence-corrected chi connectivity index (χ0v) is 16.2. The topological polar surface area (TPSA) is 37.4 Å². The molecule has 0 heterocycles. The average molecular weight is 390 g/mol. The van der Waals surface area contributed by atoms with Gasteiger partial charge in [-0.3, -0.25) is 0 Å². The predicted molar refractivity (Wildman–Crippen MR) is 99.2 cm³/mol. The minimum absolute atomic E-state index is 0.0990. The molecule has 6 heteroatoms. The van der Waals surface area contributed by atoms with Crippen LogP contribution in [0.3, 0.4) is 0 Å². The van der Waals surface area contributed by atoms with Gasteiger partial charge in [-0.2, -0.15) is 4.31 Å². The van der Waals surface area contributed by atoms with E-state index in [1.807, 2.05) is 4.31 Å². The van der Waals surface area contributed by atoms with Crippen molar-refractivity contribution in [2.75, 3.05) is 0 Å². The number of hydrogen-bond acceptors (Lipinski definition) is 2. The van der Waals surface area contributed by atoms with Gasteiger partial charge in [-0.15, -0.1) is 0 Å². The lowest BCUT2D eigenvalue weighted by molar-refractivity contribution is 0.170. The highest BCUT2D eigenvalue weighted by atomic mass is 35.5. The molecule has 0 spiro atoms. The Hall–Kier alpha value is -0.290. The molecule has 0 aromatic heterocycles. The fourth-order valence-corrected chi connectivity index (χ4v) is 6.82. The molecular formula is C18H25Cl2NO2S. The van der Waals surface area contributed by atoms with E-state index < -0.39 is 10.0 Å². The average Bonchev–Trinajstić information content (AvgIpc) is 2.59. The summed E-state index contributed by atoms with van der Waals surface area (Å²) in [5, 5.41) is 0.668. The van der Waals surface area contributed by atoms with Crippen molar-refractivity contribution >= 4 is 33.2 Å². The Balaban J connectivity index is 2.00. The summed E-state index contributed by atoms with van der Waals surface area (Å²) >= 11 is 12.3. The van der Waals surface area contributed by atoms with Gasteiger partial charge in [0.25, 0.3) is 0 Å². The lowest BCUT2D eigenvalue weighted by Crippen LogP contribution is -2.48. The second-order valence-electron chi connectivity index (χ2n) is 6.99. The van der Waals surface area contributed by atoms with Crippen LogP contribution in [0.2, 0.25) is 10.0 Å². The monoisotopic (exact) mass is 389 g/mol. The fourth-order valence-electron chi connectivity index (χ4n) is 4.15. The van der Waals surface area contributed by atoms with Crippen molar-refractivity contribution in [1.29, 1.82) is 0 Å². The van der Waals surface area contributed by atoms with Gasteiger partial charge in [0, 0.05) is 17.1 Å². The Bertz CT molecular complexity index is 648. The summed E-state index contributed by atoms with van der Waals surface area (Å²) in [7, 11) is -3.64. The number of rotatable bonds is 4. The van der Waals surface area contributed by atoms with E-state index in [0.717, 1.165) is 51.4 Å². The molecule has 2 aliphatic rings. The van der Waals surface area contributed by atoms with Crippen LogP contribution in [0.25, 0.3) is 0 Å². The Kier molecular flexibility index (Phi) is 6.12. The van der Waals surface area contributed by atoms with Crippen molar-refractivity contribution in [1.82, 2.24) is 4.31 Å². The second kappa shape index (κ2) is 7.94. The maximum atomic E-state index is 13.5. The molecule has 2 aliphatic carbocycles. The standard InChI is InChI=1S/C18H25Cl2NO2S/c19-14-11-12-17(20)18(13-14)24(22,23)21(15-7-3-1-4-8-15)16-9-5-2-6-10-16/h11-13,15-16H,1-10H2. The van der Waals surface area contributed by atoms with E-state index in [9.17, 15) is 8.42 Å². The summed E-state index contributed by atoms with van der Waals surface area (Å²) < 4.78 is 28.8. The van der Waals surface area contributed by atoms with Gasteiger partial charge in [-0.1, -0.05) is 61.7 Å². The van der Waals surface area contributed by atoms with Crippen molar-refractivity contribution in [3.05, 3.63) is 28.2 Å². The maximum Gasteiger partial charge on any atom is 0.245 e. The first-order chi connectivity index (χ1) is 11.5. The third-order valence-corrected chi connectivity index (χ3v) is 8.04. The molecule has 2 saturated carbocycles. The Morgan fingerprint density at radius 1 is 0.833 bits per heavy atom. The van der Waals surface area contributed by atoms with E-state index in [4.69, 9.17) is 23.2 Å². The van der Waals surface area contributed by atoms with Crippen molar-refractivity contribution in [2.24, 2.45) is 0 Å². The molecule has 0 N–H and O–H groups in total. The molecule has 3 nitrogen and oxygen atoms in total. The summed E-state index contributed by atoms with van der Waals surface area (Å²) in [5.41, 5.74) is 0. The fraction of sp³-hybridized carbons (Fsp3) is 0.667. The van der Waals surface area contributed by atoms with Gasteiger partial charge < -0.3 is 0 Å². The second-order valence-corrected chi connectivity index (χ2v) is 9.65. The highest BCUT2D eigenvalue weighted by molar-refractivity contribution is 7.89. The number of sulfonamides is 1. The zero-order valence-electron chi connectivity index (χ0n) is 13.9. The molecule has 1 aromatic carbocycles. The van der Waals surface area contributed by atoms with Crippen LogP contribution in [0.15, 0.2) is 23.1 Å². The molecular weight excluding hydrogens is 365 g/mol. The lowest BCUT2D eigenvalue weighted by Gasteiger charge is -2.40. The molecule has 24 heavy (non-hydrogen) atoms. The van der Waals surface area contributed by atoms with Crippen molar-refractivity contribution in [3.8, 4) is 0 Å². The number of hydrogen-bond donors (Lipinski definition) is 0. The van der Waals surface area contributed by atoms with Gasteiger partial charge in [0.15, 0.2) is 0 Å². The normalized spacial score (nSPS) is 21.3. The molecule has 134 valence electrons. The molecule has 3 rings (SSSR count). The van der Waals surface area contributed by atoms with Crippen molar-refractivity contribution < 1.29 is 8.42 Å². The van der Waals surface area contributed by atoms with Gasteiger partial charge in [0.05, 0.1) is 5.02 Å². The van der Waals surface area contributed by atoms with Crippen LogP contribution in [0, 0.1) is 0 Å². The molecule has 0 aliphatic heterocycles. The molecule has 0 bridgehead atoms. The quantitative estimate of drug-likeness (QED) is 0.666. The first-order valence-corrected chi connectivity index (χ1v) is 11.2. The lowest BCUT2D eigenvalue weighted by atomic mass is 9.91.